The molecule has 0 bridgehead atoms. The minimum Gasteiger partial charge on any atom is -0.387 e. The summed E-state index contributed by atoms with van der Waals surface area (Å²) in [6, 6.07) is 0. The van der Waals surface area contributed by atoms with Gasteiger partial charge in [0.05, 0.1) is 0 Å². The first-order valence-electron chi connectivity index (χ1n) is 2.23. The molecule has 0 amide bonds. The Hall–Kier alpha value is -0.320. The van der Waals surface area contributed by atoms with E-state index in [-0.39, 0.29) is 0 Å². The molecule has 0 aromatic rings. The van der Waals surface area contributed by atoms with Crippen molar-refractivity contribution in [2.24, 2.45) is 0 Å². The van der Waals surface area contributed by atoms with Crippen LogP contribution in [0.2, 0.25) is 0 Å². The lowest BCUT2D eigenvalue weighted by molar-refractivity contribution is -0.185. The predicted octanol–water partition coefficient (Wildman–Crippen LogP) is 1.27. The number of hydrogen-bond donors (Lipinski definition) is 1. The van der Waals surface area contributed by atoms with Gasteiger partial charge >= 0.3 is 12.3 Å². The van der Waals surface area contributed by atoms with Crippen LogP contribution in [0.5, 0.6) is 0 Å². The molecule has 56 valence electrons. The van der Waals surface area contributed by atoms with E-state index in [0.717, 1.165) is 0 Å². The predicted molar refractivity (Wildman–Crippen MR) is 22.6 cm³/mol. The fourth-order valence-electron chi connectivity index (χ4n) is 0.182. The van der Waals surface area contributed by atoms with Gasteiger partial charge in [0.2, 0.25) is 0 Å². The molecule has 0 aromatic carbocycles. The Morgan fingerprint density at radius 3 is 1.67 bits per heavy atom. The molecular weight excluding hydrogens is 140 g/mol. The van der Waals surface area contributed by atoms with Crippen molar-refractivity contribution < 1.29 is 22.7 Å². The van der Waals surface area contributed by atoms with Crippen LogP contribution in [0, 0.1) is 0 Å². The Balaban J connectivity index is 4.01. The number of halogens is 4. The van der Waals surface area contributed by atoms with E-state index in [1.165, 1.54) is 0 Å². The zero-order valence-electron chi connectivity index (χ0n) is 4.61. The van der Waals surface area contributed by atoms with Crippen LogP contribution in [0.3, 0.4) is 0 Å². The molecule has 0 radical (unpaired) electrons. The maximum Gasteiger partial charge on any atom is 0.332 e. The number of aliphatic hydroxyl groups excluding tert-OH is 1. The second kappa shape index (κ2) is 2.51. The van der Waals surface area contributed by atoms with Crippen LogP contribution in [0.15, 0.2) is 0 Å². The first-order chi connectivity index (χ1) is 3.89. The molecule has 0 spiro atoms. The van der Waals surface area contributed by atoms with E-state index < -0.39 is 18.5 Å². The lowest BCUT2D eigenvalue weighted by Gasteiger charge is -2.17. The Morgan fingerprint density at radius 2 is 1.67 bits per heavy atom. The zero-order chi connectivity index (χ0) is 7.65. The van der Waals surface area contributed by atoms with E-state index in [0.29, 0.717) is 6.92 Å². The van der Waals surface area contributed by atoms with Crippen molar-refractivity contribution >= 4 is 0 Å². The quantitative estimate of drug-likeness (QED) is 0.581. The third-order valence-corrected chi connectivity index (χ3v) is 0.848. The fraction of sp³-hybridized carbons (Fsp3) is 1.00. The van der Waals surface area contributed by atoms with Crippen LogP contribution < -0.4 is 0 Å². The van der Waals surface area contributed by atoms with E-state index in [1.54, 1.807) is 0 Å². The monoisotopic (exact) mass is 146 g/mol. The molecule has 0 saturated heterocycles. The van der Waals surface area contributed by atoms with Crippen molar-refractivity contribution in [3.8, 4) is 0 Å². The molecule has 1 N–H and O–H groups in total. The molecule has 0 aromatic heterocycles. The third-order valence-electron chi connectivity index (χ3n) is 0.848. The molecule has 0 heterocycles. The molecule has 0 aliphatic heterocycles. The average Bonchev–Trinajstić information content (AvgIpc) is 1.65. The molecule has 1 nitrogen and oxygen atoms in total. The Morgan fingerprint density at radius 1 is 1.33 bits per heavy atom. The molecule has 1 atom stereocenters. The normalized spacial score (nSPS) is 16.3. The second-order valence-corrected chi connectivity index (χ2v) is 1.65. The Labute approximate surface area is 49.3 Å². The zero-order valence-corrected chi connectivity index (χ0v) is 4.61. The van der Waals surface area contributed by atoms with Crippen molar-refractivity contribution in [2.75, 3.05) is 0 Å². The van der Waals surface area contributed by atoms with Crippen molar-refractivity contribution in [2.45, 2.75) is 25.4 Å². The van der Waals surface area contributed by atoms with Gasteiger partial charge < -0.3 is 5.11 Å². The Bertz CT molecular complexity index is 80.6. The summed E-state index contributed by atoms with van der Waals surface area (Å²) in [5, 5.41) is 8.02. The van der Waals surface area contributed by atoms with Crippen molar-refractivity contribution in [1.29, 1.82) is 0 Å². The SMILES string of the molecule is C[C@@H](O)C(F)(F)C(F)F. The maximum atomic E-state index is 11.7. The Kier molecular flexibility index (Phi) is 2.42. The minimum atomic E-state index is -4.28. The smallest absolute Gasteiger partial charge is 0.332 e. The molecule has 5 heteroatoms. The van der Waals surface area contributed by atoms with Gasteiger partial charge in [0.15, 0.2) is 0 Å². The number of hydrogen-bond acceptors (Lipinski definition) is 1. The van der Waals surface area contributed by atoms with Crippen molar-refractivity contribution in [3.05, 3.63) is 0 Å². The van der Waals surface area contributed by atoms with E-state index in [4.69, 9.17) is 5.11 Å². The van der Waals surface area contributed by atoms with Crippen LogP contribution >= 0.6 is 0 Å². The van der Waals surface area contributed by atoms with Gasteiger partial charge in [-0.1, -0.05) is 0 Å². The van der Waals surface area contributed by atoms with E-state index in [2.05, 4.69) is 0 Å². The highest BCUT2D eigenvalue weighted by atomic mass is 19.3. The maximum absolute atomic E-state index is 11.7. The first-order valence-corrected chi connectivity index (χ1v) is 2.23. The van der Waals surface area contributed by atoms with Gasteiger partial charge in [0.1, 0.15) is 6.10 Å². The minimum absolute atomic E-state index is 0.617. The molecule has 0 aliphatic rings. The highest BCUT2D eigenvalue weighted by Gasteiger charge is 2.45. The van der Waals surface area contributed by atoms with Gasteiger partial charge in [-0.05, 0) is 6.92 Å². The molecule has 0 saturated carbocycles. The van der Waals surface area contributed by atoms with E-state index >= 15 is 0 Å². The summed E-state index contributed by atoms with van der Waals surface area (Å²) >= 11 is 0. The summed E-state index contributed by atoms with van der Waals surface area (Å²) in [5.41, 5.74) is 0. The third kappa shape index (κ3) is 1.82. The highest BCUT2D eigenvalue weighted by molar-refractivity contribution is 4.74. The molecule has 0 fully saturated rings. The van der Waals surface area contributed by atoms with Crippen LogP contribution in [0.25, 0.3) is 0 Å². The molecular formula is C4H6F4O. The average molecular weight is 146 g/mol. The summed E-state index contributed by atoms with van der Waals surface area (Å²) < 4.78 is 45.6. The second-order valence-electron chi connectivity index (χ2n) is 1.65. The number of alkyl halides is 4. The van der Waals surface area contributed by atoms with Gasteiger partial charge in [0, 0.05) is 0 Å². The van der Waals surface area contributed by atoms with Crippen LogP contribution in [0.4, 0.5) is 17.6 Å². The summed E-state index contributed by atoms with van der Waals surface area (Å²) in [4.78, 5) is 0. The van der Waals surface area contributed by atoms with Gasteiger partial charge in [-0.15, -0.1) is 0 Å². The van der Waals surface area contributed by atoms with Crippen LogP contribution in [-0.4, -0.2) is 23.6 Å². The lowest BCUT2D eigenvalue weighted by Crippen LogP contribution is -2.38. The lowest BCUT2D eigenvalue weighted by atomic mass is 10.2. The molecule has 0 rings (SSSR count). The molecule has 0 unspecified atom stereocenters. The molecule has 9 heavy (non-hydrogen) atoms. The summed E-state index contributed by atoms with van der Waals surface area (Å²) in [5.74, 6) is -4.28. The fourth-order valence-corrected chi connectivity index (χ4v) is 0.182. The summed E-state index contributed by atoms with van der Waals surface area (Å²) in [6.07, 6.45) is -6.09. The number of rotatable bonds is 2. The molecule has 0 aliphatic carbocycles. The van der Waals surface area contributed by atoms with E-state index in [9.17, 15) is 17.6 Å². The highest BCUT2D eigenvalue weighted by Crippen LogP contribution is 2.26. The number of aliphatic hydroxyl groups is 1. The van der Waals surface area contributed by atoms with Gasteiger partial charge in [-0.25, -0.2) is 8.78 Å². The van der Waals surface area contributed by atoms with Gasteiger partial charge in [0.25, 0.3) is 0 Å². The van der Waals surface area contributed by atoms with Crippen LogP contribution in [-0.2, 0) is 0 Å². The van der Waals surface area contributed by atoms with Crippen molar-refractivity contribution in [3.63, 3.8) is 0 Å². The van der Waals surface area contributed by atoms with E-state index in [1.807, 2.05) is 0 Å². The van der Waals surface area contributed by atoms with Gasteiger partial charge in [-0.2, -0.15) is 8.78 Å². The van der Waals surface area contributed by atoms with Crippen LogP contribution in [0.1, 0.15) is 6.92 Å². The standard InChI is InChI=1S/C4H6F4O/c1-2(9)4(7,8)3(5)6/h2-3,9H,1H3/t2-/m1/s1. The summed E-state index contributed by atoms with van der Waals surface area (Å²) in [6.45, 7) is 0.617. The van der Waals surface area contributed by atoms with Crippen molar-refractivity contribution in [1.82, 2.24) is 0 Å². The van der Waals surface area contributed by atoms with Gasteiger partial charge in [-0.3, -0.25) is 0 Å². The first kappa shape index (κ1) is 8.68. The summed E-state index contributed by atoms with van der Waals surface area (Å²) in [7, 11) is 0. The topological polar surface area (TPSA) is 20.2 Å². The largest absolute Gasteiger partial charge is 0.387 e.